The van der Waals surface area contributed by atoms with E-state index >= 15 is 0 Å². The van der Waals surface area contributed by atoms with Crippen LogP contribution in [0.15, 0.2) is 54.9 Å². The molecule has 1 amide bonds. The maximum atomic E-state index is 13.5. The first-order valence-electron chi connectivity index (χ1n) is 8.96. The monoisotopic (exact) mass is 441 g/mol. The molecule has 0 atom stereocenters. The molecule has 0 aliphatic carbocycles. The Morgan fingerprint density at radius 1 is 1.14 bits per heavy atom. The number of nitrogens with zero attached hydrogens (tertiary/aromatic N) is 3. The van der Waals surface area contributed by atoms with Crippen LogP contribution in [0.3, 0.4) is 0 Å². The average Bonchev–Trinajstić information content (AvgIpc) is 3.10. The van der Waals surface area contributed by atoms with Gasteiger partial charge in [0.05, 0.1) is 27.3 Å². The fourth-order valence-electron chi connectivity index (χ4n) is 3.18. The molecule has 4 nitrogen and oxygen atoms in total. The number of carbonyl (C=O) groups excluding carboxylic acids is 1. The summed E-state index contributed by atoms with van der Waals surface area (Å²) in [6.45, 7) is 4.42. The van der Waals surface area contributed by atoms with Gasteiger partial charge in [-0.2, -0.15) is 0 Å². The van der Waals surface area contributed by atoms with Crippen molar-refractivity contribution in [1.82, 2.24) is 9.97 Å². The zero-order valence-electron chi connectivity index (χ0n) is 15.8. The zero-order chi connectivity index (χ0) is 20.5. The Morgan fingerprint density at radius 3 is 2.69 bits per heavy atom. The van der Waals surface area contributed by atoms with Crippen molar-refractivity contribution in [2.75, 3.05) is 4.90 Å². The fraction of sp³-hybridized carbons (Fsp3) is 0.136. The summed E-state index contributed by atoms with van der Waals surface area (Å²) in [5.74, 6) is -0.232. The number of benzene rings is 2. The lowest BCUT2D eigenvalue weighted by Crippen LogP contribution is -2.30. The predicted molar refractivity (Wildman–Crippen MR) is 120 cm³/mol. The molecule has 146 valence electrons. The van der Waals surface area contributed by atoms with E-state index in [-0.39, 0.29) is 5.91 Å². The van der Waals surface area contributed by atoms with E-state index in [1.54, 1.807) is 35.5 Å². The second-order valence-corrected chi connectivity index (χ2v) is 8.65. The normalized spacial score (nSPS) is 11.0. The first kappa shape index (κ1) is 19.8. The Kier molecular flexibility index (Phi) is 5.54. The molecule has 2 aromatic carbocycles. The Balaban J connectivity index is 1.82. The van der Waals surface area contributed by atoms with Crippen LogP contribution in [0, 0.1) is 13.8 Å². The third-order valence-electron chi connectivity index (χ3n) is 4.52. The average molecular weight is 442 g/mol. The van der Waals surface area contributed by atoms with Gasteiger partial charge in [-0.15, -0.1) is 0 Å². The van der Waals surface area contributed by atoms with Crippen LogP contribution in [-0.2, 0) is 6.54 Å². The van der Waals surface area contributed by atoms with Gasteiger partial charge in [-0.1, -0.05) is 46.7 Å². The van der Waals surface area contributed by atoms with Crippen molar-refractivity contribution >= 4 is 55.8 Å². The van der Waals surface area contributed by atoms with E-state index in [2.05, 4.69) is 24.0 Å². The molecule has 4 rings (SSSR count). The number of aromatic nitrogens is 2. The summed E-state index contributed by atoms with van der Waals surface area (Å²) >= 11 is 13.8. The number of fused-ring (bicyclic) bond motifs is 1. The third kappa shape index (κ3) is 4.13. The standard InChI is InChI=1S/C22H17Cl2N3OS/c1-13-8-14(2)20-19(9-13)29-22(26-20)27(12-15-4-3-7-25-11-15)21(28)17-6-5-16(23)10-18(17)24/h3-11H,12H2,1-2H3. The number of halogens is 2. The Labute approximate surface area is 182 Å². The van der Waals surface area contributed by atoms with Crippen LogP contribution in [0.4, 0.5) is 5.13 Å². The van der Waals surface area contributed by atoms with Crippen molar-refractivity contribution < 1.29 is 4.79 Å². The van der Waals surface area contributed by atoms with E-state index < -0.39 is 0 Å². The van der Waals surface area contributed by atoms with E-state index in [9.17, 15) is 4.79 Å². The van der Waals surface area contributed by atoms with E-state index in [1.807, 2.05) is 19.1 Å². The second kappa shape index (κ2) is 8.11. The van der Waals surface area contributed by atoms with E-state index in [0.717, 1.165) is 26.9 Å². The lowest BCUT2D eigenvalue weighted by molar-refractivity contribution is 0.0985. The molecule has 4 aromatic rings. The molecule has 0 saturated carbocycles. The van der Waals surface area contributed by atoms with Gasteiger partial charge < -0.3 is 0 Å². The van der Waals surface area contributed by atoms with E-state index in [0.29, 0.717) is 27.3 Å². The predicted octanol–water partition coefficient (Wildman–Crippen LogP) is 6.46. The topological polar surface area (TPSA) is 46.1 Å². The van der Waals surface area contributed by atoms with E-state index in [1.165, 1.54) is 11.3 Å². The van der Waals surface area contributed by atoms with Crippen LogP contribution in [0.25, 0.3) is 10.2 Å². The molecule has 7 heteroatoms. The summed E-state index contributed by atoms with van der Waals surface area (Å²) in [5, 5.41) is 1.41. The summed E-state index contributed by atoms with van der Waals surface area (Å²) in [7, 11) is 0. The molecule has 29 heavy (non-hydrogen) atoms. The number of hydrogen-bond donors (Lipinski definition) is 0. The number of rotatable bonds is 4. The summed E-state index contributed by atoms with van der Waals surface area (Å²) in [5.41, 5.74) is 4.43. The number of thiazole rings is 1. The third-order valence-corrected chi connectivity index (χ3v) is 6.09. The highest BCUT2D eigenvalue weighted by atomic mass is 35.5. The zero-order valence-corrected chi connectivity index (χ0v) is 18.1. The number of anilines is 1. The molecule has 0 unspecified atom stereocenters. The largest absolute Gasteiger partial charge is 0.279 e. The van der Waals surface area contributed by atoms with E-state index in [4.69, 9.17) is 28.2 Å². The van der Waals surface area contributed by atoms with Gasteiger partial charge in [0.2, 0.25) is 0 Å². The molecule has 0 aliphatic rings. The van der Waals surface area contributed by atoms with Crippen LogP contribution in [0.1, 0.15) is 27.0 Å². The van der Waals surface area contributed by atoms with Gasteiger partial charge >= 0.3 is 0 Å². The minimum absolute atomic E-state index is 0.232. The van der Waals surface area contributed by atoms with Crippen LogP contribution in [0.5, 0.6) is 0 Å². The van der Waals surface area contributed by atoms with Crippen LogP contribution < -0.4 is 4.90 Å². The van der Waals surface area contributed by atoms with Crippen molar-refractivity contribution in [3.05, 3.63) is 87.2 Å². The molecule has 0 bridgehead atoms. The molecule has 0 fully saturated rings. The summed E-state index contributed by atoms with van der Waals surface area (Å²) < 4.78 is 1.05. The van der Waals surface area contributed by atoms with Gasteiger partial charge in [-0.3, -0.25) is 14.7 Å². The molecular weight excluding hydrogens is 425 g/mol. The minimum Gasteiger partial charge on any atom is -0.279 e. The van der Waals surface area contributed by atoms with Gasteiger partial charge in [0.25, 0.3) is 5.91 Å². The van der Waals surface area contributed by atoms with Gasteiger partial charge in [-0.25, -0.2) is 4.98 Å². The molecule has 0 spiro atoms. The lowest BCUT2D eigenvalue weighted by atomic mass is 10.1. The molecule has 0 saturated heterocycles. The molecule has 0 aliphatic heterocycles. The van der Waals surface area contributed by atoms with Crippen molar-refractivity contribution in [3.63, 3.8) is 0 Å². The molecule has 2 aromatic heterocycles. The smallest absolute Gasteiger partial charge is 0.261 e. The summed E-state index contributed by atoms with van der Waals surface area (Å²) in [6.07, 6.45) is 3.45. The minimum atomic E-state index is -0.232. The fourth-order valence-corrected chi connectivity index (χ4v) is 4.81. The van der Waals surface area contributed by atoms with Crippen molar-refractivity contribution in [1.29, 1.82) is 0 Å². The number of amides is 1. The first-order chi connectivity index (χ1) is 13.9. The lowest BCUT2D eigenvalue weighted by Gasteiger charge is -2.20. The van der Waals surface area contributed by atoms with Crippen molar-refractivity contribution in [2.24, 2.45) is 0 Å². The van der Waals surface area contributed by atoms with Crippen LogP contribution in [0.2, 0.25) is 10.0 Å². The number of hydrogen-bond acceptors (Lipinski definition) is 4. The molecule has 2 heterocycles. The van der Waals surface area contributed by atoms with Gasteiger partial charge in [0, 0.05) is 17.4 Å². The highest BCUT2D eigenvalue weighted by Crippen LogP contribution is 2.34. The maximum absolute atomic E-state index is 13.5. The highest BCUT2D eigenvalue weighted by Gasteiger charge is 2.24. The second-order valence-electron chi connectivity index (χ2n) is 6.80. The van der Waals surface area contributed by atoms with Crippen LogP contribution >= 0.6 is 34.5 Å². The highest BCUT2D eigenvalue weighted by molar-refractivity contribution is 7.22. The number of aryl methyl sites for hydroxylation is 2. The number of carbonyl (C=O) groups is 1. The molecule has 0 N–H and O–H groups in total. The Morgan fingerprint density at radius 2 is 1.97 bits per heavy atom. The summed E-state index contributed by atoms with van der Waals surface area (Å²) in [4.78, 5) is 24.0. The van der Waals surface area contributed by atoms with Crippen molar-refractivity contribution in [2.45, 2.75) is 20.4 Å². The van der Waals surface area contributed by atoms with Crippen LogP contribution in [-0.4, -0.2) is 15.9 Å². The summed E-state index contributed by atoms with van der Waals surface area (Å²) in [6, 6.07) is 12.8. The Hall–Kier alpha value is -2.47. The van der Waals surface area contributed by atoms with Gasteiger partial charge in [0.1, 0.15) is 0 Å². The molecular formula is C22H17Cl2N3OS. The maximum Gasteiger partial charge on any atom is 0.261 e. The van der Waals surface area contributed by atoms with Gasteiger partial charge in [-0.05, 0) is 60.9 Å². The molecule has 0 radical (unpaired) electrons. The van der Waals surface area contributed by atoms with Gasteiger partial charge in [0.15, 0.2) is 5.13 Å². The quantitative estimate of drug-likeness (QED) is 0.364. The Bertz CT molecular complexity index is 1210. The number of pyridine rings is 1. The first-order valence-corrected chi connectivity index (χ1v) is 10.5. The van der Waals surface area contributed by atoms with Crippen molar-refractivity contribution in [3.8, 4) is 0 Å². The SMILES string of the molecule is Cc1cc(C)c2nc(N(Cc3cccnc3)C(=O)c3ccc(Cl)cc3Cl)sc2c1.